The molecule has 128 valence electrons. The third-order valence-electron chi connectivity index (χ3n) is 2.90. The van der Waals surface area contributed by atoms with E-state index in [1.54, 1.807) is 26.2 Å². The van der Waals surface area contributed by atoms with Gasteiger partial charge in [-0.3, -0.25) is 4.79 Å². The predicted molar refractivity (Wildman–Crippen MR) is 91.8 cm³/mol. The Morgan fingerprint density at radius 2 is 1.96 bits per heavy atom. The first-order valence-electron chi connectivity index (χ1n) is 7.45. The molecule has 0 spiro atoms. The summed E-state index contributed by atoms with van der Waals surface area (Å²) in [6, 6.07) is 8.64. The van der Waals surface area contributed by atoms with Crippen molar-refractivity contribution in [2.24, 2.45) is 0 Å². The number of amides is 2. The fraction of sp³-hybridized carbons (Fsp3) is 0.375. The van der Waals surface area contributed by atoms with Gasteiger partial charge in [0.05, 0.1) is 5.38 Å². The summed E-state index contributed by atoms with van der Waals surface area (Å²) in [4.78, 5) is 24.5. The first kappa shape index (κ1) is 17.9. The second kappa shape index (κ2) is 7.87. The molecule has 1 atom stereocenters. The highest BCUT2D eigenvalue weighted by Gasteiger charge is 2.25. The Bertz CT molecular complexity index is 668. The van der Waals surface area contributed by atoms with Crippen LogP contribution in [0.1, 0.15) is 26.3 Å². The van der Waals surface area contributed by atoms with Gasteiger partial charge >= 0.3 is 6.09 Å². The number of carbonyl (C=O) groups is 2. The van der Waals surface area contributed by atoms with Gasteiger partial charge in [0.2, 0.25) is 5.91 Å². The maximum absolute atomic E-state index is 12.5. The molecule has 1 aromatic heterocycles. The smallest absolute Gasteiger partial charge is 0.408 e. The molecule has 8 heteroatoms. The topological polar surface area (TPSA) is 93.2 Å². The van der Waals surface area contributed by atoms with Crippen LogP contribution in [0, 0.1) is 0 Å². The first-order chi connectivity index (χ1) is 11.3. The third kappa shape index (κ3) is 5.96. The van der Waals surface area contributed by atoms with E-state index in [1.807, 2.05) is 30.3 Å². The summed E-state index contributed by atoms with van der Waals surface area (Å²) in [6.07, 6.45) is -0.307. The normalized spacial score (nSPS) is 12.3. The van der Waals surface area contributed by atoms with Gasteiger partial charge in [-0.05, 0) is 37.9 Å². The number of carbonyl (C=O) groups excluding carboxylic acids is 2. The highest BCUT2D eigenvalue weighted by atomic mass is 32.1. The number of hydrogen-bond donors (Lipinski definition) is 2. The van der Waals surface area contributed by atoms with Crippen LogP contribution in [0.15, 0.2) is 35.7 Å². The van der Waals surface area contributed by atoms with Gasteiger partial charge in [-0.25, -0.2) is 4.79 Å². The van der Waals surface area contributed by atoms with Crippen LogP contribution in [0.2, 0.25) is 0 Å². The van der Waals surface area contributed by atoms with Crippen molar-refractivity contribution >= 4 is 29.4 Å². The van der Waals surface area contributed by atoms with Crippen molar-refractivity contribution in [2.45, 2.75) is 38.8 Å². The van der Waals surface area contributed by atoms with E-state index in [-0.39, 0.29) is 5.91 Å². The Hall–Kier alpha value is -2.48. The standard InChI is InChI=1S/C16H20N4O3S/c1-16(2,3)23-15(22)17-12(9-11-7-5-4-6-8-11)14(21)18-13-10-24-20-19-13/h4-8,10,12H,9H2,1-3H3,(H,17,22)(H,18,21). The van der Waals surface area contributed by atoms with Crippen molar-refractivity contribution in [1.82, 2.24) is 14.9 Å². The summed E-state index contributed by atoms with van der Waals surface area (Å²) < 4.78 is 8.93. The largest absolute Gasteiger partial charge is 0.444 e. The summed E-state index contributed by atoms with van der Waals surface area (Å²) in [6.45, 7) is 5.29. The Morgan fingerprint density at radius 1 is 1.25 bits per heavy atom. The van der Waals surface area contributed by atoms with E-state index in [2.05, 4.69) is 20.2 Å². The molecule has 0 saturated carbocycles. The first-order valence-corrected chi connectivity index (χ1v) is 8.28. The highest BCUT2D eigenvalue weighted by Crippen LogP contribution is 2.10. The van der Waals surface area contributed by atoms with Gasteiger partial charge in [0.15, 0.2) is 5.82 Å². The van der Waals surface area contributed by atoms with E-state index in [0.29, 0.717) is 12.2 Å². The van der Waals surface area contributed by atoms with E-state index in [9.17, 15) is 9.59 Å². The zero-order valence-corrected chi connectivity index (χ0v) is 14.6. The number of alkyl carbamates (subject to hydrolysis) is 1. The molecule has 2 aromatic rings. The number of anilines is 1. The molecular weight excluding hydrogens is 328 g/mol. The van der Waals surface area contributed by atoms with Gasteiger partial charge in [-0.1, -0.05) is 34.8 Å². The molecule has 2 amide bonds. The minimum atomic E-state index is -0.788. The monoisotopic (exact) mass is 348 g/mol. The van der Waals surface area contributed by atoms with Gasteiger partial charge in [0.1, 0.15) is 11.6 Å². The molecule has 7 nitrogen and oxygen atoms in total. The third-order valence-corrected chi connectivity index (χ3v) is 3.41. The van der Waals surface area contributed by atoms with Crippen LogP contribution < -0.4 is 10.6 Å². The fourth-order valence-electron chi connectivity index (χ4n) is 1.94. The van der Waals surface area contributed by atoms with E-state index in [0.717, 1.165) is 17.1 Å². The Balaban J connectivity index is 2.08. The minimum Gasteiger partial charge on any atom is -0.444 e. The average molecular weight is 348 g/mol. The van der Waals surface area contributed by atoms with Crippen molar-refractivity contribution in [1.29, 1.82) is 0 Å². The van der Waals surface area contributed by atoms with Crippen LogP contribution in [0.4, 0.5) is 10.6 Å². The van der Waals surface area contributed by atoms with Gasteiger partial charge in [-0.2, -0.15) is 0 Å². The predicted octanol–water partition coefficient (Wildman–Crippen LogP) is 2.61. The summed E-state index contributed by atoms with van der Waals surface area (Å²) >= 11 is 1.13. The lowest BCUT2D eigenvalue weighted by Gasteiger charge is -2.23. The molecule has 24 heavy (non-hydrogen) atoms. The van der Waals surface area contributed by atoms with Crippen LogP contribution in [0.25, 0.3) is 0 Å². The maximum Gasteiger partial charge on any atom is 0.408 e. The number of nitrogens with one attached hydrogen (secondary N) is 2. The zero-order chi connectivity index (χ0) is 17.6. The summed E-state index contributed by atoms with van der Waals surface area (Å²) in [5.41, 5.74) is 0.279. The number of benzene rings is 1. The molecule has 1 unspecified atom stereocenters. The quantitative estimate of drug-likeness (QED) is 0.866. The highest BCUT2D eigenvalue weighted by molar-refractivity contribution is 7.03. The van der Waals surface area contributed by atoms with Crippen molar-refractivity contribution < 1.29 is 14.3 Å². The van der Waals surface area contributed by atoms with E-state index in [1.165, 1.54) is 0 Å². The molecule has 2 rings (SSSR count). The second-order valence-electron chi connectivity index (χ2n) is 6.17. The van der Waals surface area contributed by atoms with Gasteiger partial charge in [-0.15, -0.1) is 5.10 Å². The molecule has 0 aliphatic carbocycles. The Morgan fingerprint density at radius 3 is 2.54 bits per heavy atom. The van der Waals surface area contributed by atoms with Gasteiger partial charge in [0.25, 0.3) is 0 Å². The molecule has 1 heterocycles. The lowest BCUT2D eigenvalue weighted by molar-refractivity contribution is -0.118. The lowest BCUT2D eigenvalue weighted by atomic mass is 10.1. The maximum atomic E-state index is 12.5. The summed E-state index contributed by atoms with van der Waals surface area (Å²) in [5.74, 6) is -0.0218. The minimum absolute atomic E-state index is 0.337. The molecule has 0 fully saturated rings. The molecule has 2 N–H and O–H groups in total. The van der Waals surface area contributed by atoms with Crippen LogP contribution in [0.3, 0.4) is 0 Å². The van der Waals surface area contributed by atoms with Crippen LogP contribution in [-0.4, -0.2) is 33.2 Å². The Kier molecular flexibility index (Phi) is 5.86. The fourth-order valence-corrected chi connectivity index (χ4v) is 2.33. The molecule has 0 aliphatic heterocycles. The van der Waals surface area contributed by atoms with Gasteiger partial charge in [0, 0.05) is 6.42 Å². The van der Waals surface area contributed by atoms with Crippen LogP contribution in [-0.2, 0) is 16.0 Å². The molecule has 0 saturated heterocycles. The SMILES string of the molecule is CC(C)(C)OC(=O)NC(Cc1ccccc1)C(=O)Nc1csnn1. The van der Waals surface area contributed by atoms with E-state index < -0.39 is 17.7 Å². The van der Waals surface area contributed by atoms with Crippen molar-refractivity contribution in [3.63, 3.8) is 0 Å². The zero-order valence-electron chi connectivity index (χ0n) is 13.8. The van der Waals surface area contributed by atoms with Crippen LogP contribution in [0.5, 0.6) is 0 Å². The number of ether oxygens (including phenoxy) is 1. The number of nitrogens with zero attached hydrogens (tertiary/aromatic N) is 2. The lowest BCUT2D eigenvalue weighted by Crippen LogP contribution is -2.47. The molecule has 0 aliphatic rings. The number of rotatable bonds is 5. The Labute approximate surface area is 144 Å². The average Bonchev–Trinajstić information content (AvgIpc) is 2.98. The van der Waals surface area contributed by atoms with Gasteiger partial charge < -0.3 is 15.4 Å². The number of hydrogen-bond acceptors (Lipinski definition) is 6. The summed E-state index contributed by atoms with van der Waals surface area (Å²) in [5, 5.41) is 10.6. The molecular formula is C16H20N4O3S. The second-order valence-corrected chi connectivity index (χ2v) is 6.78. The summed E-state index contributed by atoms with van der Waals surface area (Å²) in [7, 11) is 0. The molecule has 0 bridgehead atoms. The molecule has 0 radical (unpaired) electrons. The van der Waals surface area contributed by atoms with Crippen molar-refractivity contribution in [3.05, 3.63) is 41.3 Å². The molecule has 1 aromatic carbocycles. The number of aromatic nitrogens is 2. The van der Waals surface area contributed by atoms with E-state index >= 15 is 0 Å². The van der Waals surface area contributed by atoms with Crippen molar-refractivity contribution in [2.75, 3.05) is 5.32 Å². The van der Waals surface area contributed by atoms with Crippen LogP contribution >= 0.6 is 11.5 Å². The van der Waals surface area contributed by atoms with E-state index in [4.69, 9.17) is 4.74 Å². The van der Waals surface area contributed by atoms with Crippen molar-refractivity contribution in [3.8, 4) is 0 Å².